The van der Waals surface area contributed by atoms with Gasteiger partial charge < -0.3 is 15.4 Å². The van der Waals surface area contributed by atoms with Gasteiger partial charge >= 0.3 is 5.97 Å². The molecule has 0 fully saturated rings. The predicted octanol–water partition coefficient (Wildman–Crippen LogP) is 4.61. The van der Waals surface area contributed by atoms with Gasteiger partial charge in [0.1, 0.15) is 0 Å². The van der Waals surface area contributed by atoms with Crippen molar-refractivity contribution in [1.82, 2.24) is 5.32 Å². The highest BCUT2D eigenvalue weighted by molar-refractivity contribution is 7.80. The molecule has 0 aliphatic rings. The van der Waals surface area contributed by atoms with Gasteiger partial charge in [-0.3, -0.25) is 0 Å². The topological polar surface area (TPSA) is 50.4 Å². The first-order valence-electron chi connectivity index (χ1n) is 8.44. The number of benzene rings is 2. The summed E-state index contributed by atoms with van der Waals surface area (Å²) >= 11 is 5.43. The number of aryl methyl sites for hydroxylation is 1. The van der Waals surface area contributed by atoms with Gasteiger partial charge in [-0.25, -0.2) is 4.79 Å². The maximum Gasteiger partial charge on any atom is 0.338 e. The van der Waals surface area contributed by atoms with Gasteiger partial charge in [-0.2, -0.15) is 0 Å². The van der Waals surface area contributed by atoms with Crippen LogP contribution in [0.1, 0.15) is 47.8 Å². The van der Waals surface area contributed by atoms with Crippen molar-refractivity contribution >= 4 is 29.0 Å². The third kappa shape index (κ3) is 5.57. The van der Waals surface area contributed by atoms with Crippen molar-refractivity contribution in [3.8, 4) is 0 Å². The zero-order valence-corrected chi connectivity index (χ0v) is 15.7. The number of nitrogens with one attached hydrogen (secondary N) is 2. The first-order valence-corrected chi connectivity index (χ1v) is 8.85. The summed E-state index contributed by atoms with van der Waals surface area (Å²) in [5.41, 5.74) is 3.68. The van der Waals surface area contributed by atoms with Crippen molar-refractivity contribution in [3.05, 3.63) is 65.2 Å². The monoisotopic (exact) mass is 356 g/mol. The largest absolute Gasteiger partial charge is 0.462 e. The number of anilines is 1. The number of carbonyl (C=O) groups is 1. The van der Waals surface area contributed by atoms with Crippen molar-refractivity contribution in [2.45, 2.75) is 33.2 Å². The third-order valence-corrected chi connectivity index (χ3v) is 4.04. The minimum Gasteiger partial charge on any atom is -0.462 e. The summed E-state index contributed by atoms with van der Waals surface area (Å²) in [7, 11) is 0. The summed E-state index contributed by atoms with van der Waals surface area (Å²) in [6.45, 7) is 6.32. The Balaban J connectivity index is 2.02. The first kappa shape index (κ1) is 18.9. The Kier molecular flexibility index (Phi) is 6.95. The zero-order chi connectivity index (χ0) is 18.2. The Hall–Kier alpha value is -2.40. The highest BCUT2D eigenvalue weighted by Gasteiger charge is 2.11. The second-order valence-electron chi connectivity index (χ2n) is 5.77. The van der Waals surface area contributed by atoms with Crippen molar-refractivity contribution in [2.75, 3.05) is 11.9 Å². The number of ether oxygens (including phenoxy) is 1. The minimum absolute atomic E-state index is 0.133. The fourth-order valence-corrected chi connectivity index (χ4v) is 2.74. The molecule has 2 aromatic rings. The van der Waals surface area contributed by atoms with Crippen LogP contribution in [0.5, 0.6) is 0 Å². The van der Waals surface area contributed by atoms with Crippen LogP contribution in [0.4, 0.5) is 5.69 Å². The molecule has 2 N–H and O–H groups in total. The first-order chi connectivity index (χ1) is 12.0. The lowest BCUT2D eigenvalue weighted by Gasteiger charge is -2.20. The maximum absolute atomic E-state index is 11.8. The van der Waals surface area contributed by atoms with Crippen molar-refractivity contribution in [2.24, 2.45) is 0 Å². The molecule has 0 spiro atoms. The van der Waals surface area contributed by atoms with Gasteiger partial charge in [0.15, 0.2) is 5.11 Å². The number of rotatable bonds is 6. The predicted molar refractivity (Wildman–Crippen MR) is 106 cm³/mol. The van der Waals surface area contributed by atoms with Gasteiger partial charge in [0.05, 0.1) is 18.2 Å². The van der Waals surface area contributed by atoms with Crippen LogP contribution in [0.15, 0.2) is 48.5 Å². The summed E-state index contributed by atoms with van der Waals surface area (Å²) in [4.78, 5) is 11.8. The molecule has 0 amide bonds. The molecule has 4 nitrogen and oxygen atoms in total. The quantitative estimate of drug-likeness (QED) is 0.585. The molecule has 2 rings (SSSR count). The van der Waals surface area contributed by atoms with E-state index in [9.17, 15) is 4.79 Å². The molecule has 0 saturated heterocycles. The number of hydrogen-bond acceptors (Lipinski definition) is 3. The summed E-state index contributed by atoms with van der Waals surface area (Å²) < 4.78 is 5.02. The molecule has 0 aliphatic carbocycles. The van der Waals surface area contributed by atoms with Crippen molar-refractivity contribution < 1.29 is 9.53 Å². The Bertz CT molecular complexity index is 729. The van der Waals surface area contributed by atoms with Crippen LogP contribution in [0.25, 0.3) is 0 Å². The van der Waals surface area contributed by atoms with Crippen LogP contribution in [0.2, 0.25) is 0 Å². The highest BCUT2D eigenvalue weighted by atomic mass is 32.1. The van der Waals surface area contributed by atoms with E-state index in [1.165, 1.54) is 11.1 Å². The van der Waals surface area contributed by atoms with E-state index in [0.717, 1.165) is 12.1 Å². The van der Waals surface area contributed by atoms with E-state index in [2.05, 4.69) is 48.7 Å². The van der Waals surface area contributed by atoms with E-state index < -0.39 is 0 Å². The molecule has 132 valence electrons. The van der Waals surface area contributed by atoms with Crippen LogP contribution in [-0.2, 0) is 4.74 Å². The molecule has 0 aliphatic heterocycles. The molecule has 0 aromatic heterocycles. The second-order valence-corrected chi connectivity index (χ2v) is 6.18. The molecule has 0 radical (unpaired) electrons. The van der Waals surface area contributed by atoms with Gasteiger partial charge in [0.2, 0.25) is 0 Å². The Labute approximate surface area is 154 Å². The van der Waals surface area contributed by atoms with E-state index in [1.807, 2.05) is 6.07 Å². The highest BCUT2D eigenvalue weighted by Crippen LogP contribution is 2.18. The summed E-state index contributed by atoms with van der Waals surface area (Å²) in [6, 6.07) is 15.7. The van der Waals surface area contributed by atoms with E-state index >= 15 is 0 Å². The van der Waals surface area contributed by atoms with Gasteiger partial charge in [-0.15, -0.1) is 0 Å². The second kappa shape index (κ2) is 9.18. The fraction of sp³-hybridized carbons (Fsp3) is 0.300. The van der Waals surface area contributed by atoms with Crippen LogP contribution >= 0.6 is 12.2 Å². The van der Waals surface area contributed by atoms with Crippen molar-refractivity contribution in [3.63, 3.8) is 0 Å². The van der Waals surface area contributed by atoms with E-state index in [1.54, 1.807) is 25.1 Å². The fourth-order valence-electron chi connectivity index (χ4n) is 2.48. The lowest BCUT2D eigenvalue weighted by atomic mass is 10.0. The molecule has 0 heterocycles. The average Bonchev–Trinajstić information content (AvgIpc) is 2.61. The van der Waals surface area contributed by atoms with Crippen molar-refractivity contribution in [1.29, 1.82) is 0 Å². The van der Waals surface area contributed by atoms with Gasteiger partial charge in [-0.1, -0.05) is 42.8 Å². The Morgan fingerprint density at radius 2 is 1.88 bits per heavy atom. The number of carbonyl (C=O) groups excluding carboxylic acids is 1. The number of thiocarbonyl (C=S) groups is 1. The smallest absolute Gasteiger partial charge is 0.338 e. The average molecular weight is 356 g/mol. The summed E-state index contributed by atoms with van der Waals surface area (Å²) in [5, 5.41) is 6.99. The van der Waals surface area contributed by atoms with E-state index in [-0.39, 0.29) is 12.0 Å². The van der Waals surface area contributed by atoms with Crippen LogP contribution < -0.4 is 10.6 Å². The Morgan fingerprint density at radius 3 is 2.52 bits per heavy atom. The normalized spacial score (nSPS) is 11.5. The molecule has 0 unspecified atom stereocenters. The molecule has 5 heteroatoms. The molecular weight excluding hydrogens is 332 g/mol. The summed E-state index contributed by atoms with van der Waals surface area (Å²) in [6.07, 6.45) is 0.910. The van der Waals surface area contributed by atoms with Gasteiger partial charge in [0.25, 0.3) is 0 Å². The third-order valence-electron chi connectivity index (χ3n) is 3.82. The van der Waals surface area contributed by atoms with Crippen LogP contribution in [-0.4, -0.2) is 17.7 Å². The Morgan fingerprint density at radius 1 is 1.16 bits per heavy atom. The van der Waals surface area contributed by atoms with Gasteiger partial charge in [0, 0.05) is 5.69 Å². The van der Waals surface area contributed by atoms with Crippen LogP contribution in [0.3, 0.4) is 0 Å². The minimum atomic E-state index is -0.337. The molecule has 2 aromatic carbocycles. The summed E-state index contributed by atoms with van der Waals surface area (Å²) in [5.74, 6) is -0.337. The zero-order valence-electron chi connectivity index (χ0n) is 14.8. The lowest BCUT2D eigenvalue weighted by molar-refractivity contribution is 0.0526. The number of hydrogen-bond donors (Lipinski definition) is 2. The van der Waals surface area contributed by atoms with Crippen LogP contribution in [0, 0.1) is 6.92 Å². The lowest BCUT2D eigenvalue weighted by Crippen LogP contribution is -2.32. The SMILES string of the molecule is CCOC(=O)c1cccc(NC(=S)N[C@@H](CC)c2ccc(C)cc2)c1. The van der Waals surface area contributed by atoms with E-state index in [0.29, 0.717) is 17.3 Å². The molecular formula is C20H24N2O2S. The van der Waals surface area contributed by atoms with E-state index in [4.69, 9.17) is 17.0 Å². The van der Waals surface area contributed by atoms with Gasteiger partial charge in [-0.05, 0) is 56.2 Å². The molecule has 1 atom stereocenters. The maximum atomic E-state index is 11.8. The standard InChI is InChI=1S/C20H24N2O2S/c1-4-18(15-11-9-14(3)10-12-15)22-20(25)21-17-8-6-7-16(13-17)19(23)24-5-2/h6-13,18H,4-5H2,1-3H3,(H2,21,22,25)/t18-/m0/s1. The number of esters is 1. The molecule has 0 saturated carbocycles. The molecule has 0 bridgehead atoms. The molecule has 25 heavy (non-hydrogen) atoms.